The smallest absolute Gasteiger partial charge is 0.131 e. The Labute approximate surface area is 67.9 Å². The number of thiazole rings is 1. The van der Waals surface area contributed by atoms with Gasteiger partial charge in [0.05, 0.1) is 4.70 Å². The van der Waals surface area contributed by atoms with Crippen LogP contribution < -0.4 is 4.57 Å². The Bertz CT molecular complexity index is 425. The van der Waals surface area contributed by atoms with Crippen LogP contribution >= 0.6 is 11.3 Å². The van der Waals surface area contributed by atoms with Crippen molar-refractivity contribution in [2.75, 3.05) is 0 Å². The first-order chi connectivity index (χ1) is 5.42. The predicted octanol–water partition coefficient (Wildman–Crippen LogP) is 1.52. The number of aromatic nitrogens is 1. The highest BCUT2D eigenvalue weighted by Gasteiger charge is 2.04. The molecule has 0 saturated heterocycles. The van der Waals surface area contributed by atoms with Crippen molar-refractivity contribution in [3.63, 3.8) is 0 Å². The van der Waals surface area contributed by atoms with E-state index in [0.29, 0.717) is 0 Å². The van der Waals surface area contributed by atoms with Crippen LogP contribution in [0.15, 0.2) is 29.8 Å². The zero-order valence-corrected chi connectivity index (χ0v) is 6.51. The number of nitriles is 1. The molecule has 11 heavy (non-hydrogen) atoms. The number of para-hydroxylation sites is 1. The molecule has 1 aromatic heterocycles. The first-order valence-electron chi connectivity index (χ1n) is 3.20. The van der Waals surface area contributed by atoms with E-state index in [1.54, 1.807) is 15.9 Å². The molecule has 0 saturated carbocycles. The minimum absolute atomic E-state index is 0.986. The van der Waals surface area contributed by atoms with Crippen LogP contribution in [0.3, 0.4) is 0 Å². The van der Waals surface area contributed by atoms with Crippen LogP contribution in [-0.4, -0.2) is 0 Å². The van der Waals surface area contributed by atoms with Gasteiger partial charge in [0, 0.05) is 0 Å². The molecule has 0 aliphatic rings. The van der Waals surface area contributed by atoms with Gasteiger partial charge in [-0.1, -0.05) is 23.5 Å². The average molecular weight is 161 g/mol. The van der Waals surface area contributed by atoms with Crippen LogP contribution in [0.2, 0.25) is 0 Å². The van der Waals surface area contributed by atoms with Crippen LogP contribution in [0.25, 0.3) is 10.2 Å². The molecule has 0 aliphatic carbocycles. The van der Waals surface area contributed by atoms with Gasteiger partial charge in [0.2, 0.25) is 0 Å². The third-order valence-corrected chi connectivity index (χ3v) is 2.43. The quantitative estimate of drug-likeness (QED) is 0.538. The summed E-state index contributed by atoms with van der Waals surface area (Å²) in [6.45, 7) is 0. The van der Waals surface area contributed by atoms with E-state index < -0.39 is 0 Å². The molecule has 0 atom stereocenters. The normalized spacial score (nSPS) is 9.73. The van der Waals surface area contributed by atoms with Gasteiger partial charge in [0.1, 0.15) is 0 Å². The van der Waals surface area contributed by atoms with Crippen molar-refractivity contribution < 1.29 is 4.57 Å². The van der Waals surface area contributed by atoms with Gasteiger partial charge in [-0.3, -0.25) is 0 Å². The summed E-state index contributed by atoms with van der Waals surface area (Å²) >= 11 is 1.58. The van der Waals surface area contributed by atoms with Crippen molar-refractivity contribution in [2.24, 2.45) is 0 Å². The predicted molar refractivity (Wildman–Crippen MR) is 43.0 cm³/mol. The number of fused-ring (bicyclic) bond motifs is 1. The van der Waals surface area contributed by atoms with Crippen LogP contribution in [0.4, 0.5) is 0 Å². The SMILES string of the molecule is N#C[n+]1csc2ccccc21. The molecule has 3 heteroatoms. The molecule has 2 nitrogen and oxygen atoms in total. The summed E-state index contributed by atoms with van der Waals surface area (Å²) in [5.74, 6) is 0. The molecule has 2 rings (SSSR count). The third kappa shape index (κ3) is 0.883. The zero-order valence-electron chi connectivity index (χ0n) is 5.69. The Morgan fingerprint density at radius 1 is 1.36 bits per heavy atom. The van der Waals surface area contributed by atoms with E-state index in [0.717, 1.165) is 10.2 Å². The maximum absolute atomic E-state index is 8.64. The van der Waals surface area contributed by atoms with Gasteiger partial charge in [0.15, 0.2) is 16.3 Å². The van der Waals surface area contributed by atoms with E-state index in [2.05, 4.69) is 6.19 Å². The van der Waals surface area contributed by atoms with Gasteiger partial charge in [0.25, 0.3) is 0 Å². The molecule has 0 spiro atoms. The largest absolute Gasteiger partial charge is 0.465 e. The summed E-state index contributed by atoms with van der Waals surface area (Å²) in [6.07, 6.45) is 2.08. The van der Waals surface area contributed by atoms with Gasteiger partial charge >= 0.3 is 6.19 Å². The van der Waals surface area contributed by atoms with Crippen molar-refractivity contribution in [1.29, 1.82) is 5.26 Å². The number of benzene rings is 1. The molecule has 0 aliphatic heterocycles. The second-order valence-electron chi connectivity index (χ2n) is 2.16. The van der Waals surface area contributed by atoms with Crippen LogP contribution in [0, 0.1) is 11.5 Å². The maximum Gasteiger partial charge on any atom is 0.465 e. The van der Waals surface area contributed by atoms with E-state index >= 15 is 0 Å². The Hall–Kier alpha value is -1.40. The lowest BCUT2D eigenvalue weighted by molar-refractivity contribution is -0.552. The fraction of sp³-hybridized carbons (Fsp3) is 0. The fourth-order valence-electron chi connectivity index (χ4n) is 1.000. The molecule has 52 valence electrons. The summed E-state index contributed by atoms with van der Waals surface area (Å²) in [5.41, 5.74) is 2.80. The molecule has 0 unspecified atom stereocenters. The van der Waals surface area contributed by atoms with Crippen molar-refractivity contribution in [2.45, 2.75) is 0 Å². The van der Waals surface area contributed by atoms with Crippen LogP contribution in [-0.2, 0) is 0 Å². The van der Waals surface area contributed by atoms with Crippen molar-refractivity contribution in [3.05, 3.63) is 29.8 Å². The number of nitrogens with zero attached hydrogens (tertiary/aromatic N) is 2. The highest BCUT2D eigenvalue weighted by Crippen LogP contribution is 2.13. The average Bonchev–Trinajstić information content (AvgIpc) is 2.47. The summed E-state index contributed by atoms with van der Waals surface area (Å²) < 4.78 is 2.72. The molecule has 1 heterocycles. The molecular formula is C8H5N2S+. The van der Waals surface area contributed by atoms with Crippen molar-refractivity contribution in [3.8, 4) is 6.19 Å². The zero-order chi connectivity index (χ0) is 7.68. The minimum Gasteiger partial charge on any atom is -0.131 e. The highest BCUT2D eigenvalue weighted by atomic mass is 32.1. The Morgan fingerprint density at radius 2 is 2.18 bits per heavy atom. The summed E-state index contributed by atoms with van der Waals surface area (Å²) in [4.78, 5) is 0. The second kappa shape index (κ2) is 2.33. The second-order valence-corrected chi connectivity index (χ2v) is 3.05. The molecule has 0 bridgehead atoms. The van der Waals surface area contributed by atoms with Gasteiger partial charge in [-0.25, -0.2) is 0 Å². The Kier molecular flexibility index (Phi) is 1.34. The third-order valence-electron chi connectivity index (χ3n) is 1.52. The van der Waals surface area contributed by atoms with Gasteiger partial charge < -0.3 is 0 Å². The molecular weight excluding hydrogens is 156 g/mol. The minimum atomic E-state index is 0.986. The topological polar surface area (TPSA) is 27.7 Å². The van der Waals surface area contributed by atoms with Gasteiger partial charge in [-0.05, 0) is 12.1 Å². The van der Waals surface area contributed by atoms with Crippen LogP contribution in [0.5, 0.6) is 0 Å². The maximum atomic E-state index is 8.64. The van der Waals surface area contributed by atoms with E-state index in [9.17, 15) is 0 Å². The van der Waals surface area contributed by atoms with Gasteiger partial charge in [-0.15, -0.1) is 4.57 Å². The Morgan fingerprint density at radius 3 is 3.00 bits per heavy atom. The van der Waals surface area contributed by atoms with Gasteiger partial charge in [-0.2, -0.15) is 0 Å². The van der Waals surface area contributed by atoms with E-state index in [1.165, 1.54) is 0 Å². The summed E-state index contributed by atoms with van der Waals surface area (Å²) in [6, 6.07) is 7.85. The Balaban J connectivity index is 2.89. The lowest BCUT2D eigenvalue weighted by Crippen LogP contribution is -2.24. The molecule has 0 radical (unpaired) electrons. The first-order valence-corrected chi connectivity index (χ1v) is 4.08. The summed E-state index contributed by atoms with van der Waals surface area (Å²) in [5, 5.41) is 8.64. The van der Waals surface area contributed by atoms with Crippen molar-refractivity contribution >= 4 is 21.6 Å². The lowest BCUT2D eigenvalue weighted by atomic mass is 10.3. The number of hydrogen-bond donors (Lipinski definition) is 0. The van der Waals surface area contributed by atoms with Crippen molar-refractivity contribution in [1.82, 2.24) is 0 Å². The molecule has 0 amide bonds. The lowest BCUT2D eigenvalue weighted by Gasteiger charge is -1.81. The standard InChI is InChI=1S/C8H5N2S/c9-5-10-6-11-8-4-2-1-3-7(8)10/h1-4,6H/q+1. The van der Waals surface area contributed by atoms with E-state index in [-0.39, 0.29) is 0 Å². The molecule has 0 N–H and O–H groups in total. The monoisotopic (exact) mass is 161 g/mol. The molecule has 1 aromatic carbocycles. The fourth-order valence-corrected chi connectivity index (χ4v) is 1.82. The van der Waals surface area contributed by atoms with E-state index in [1.807, 2.05) is 29.8 Å². The molecule has 0 fully saturated rings. The number of hydrogen-bond acceptors (Lipinski definition) is 2. The van der Waals surface area contributed by atoms with E-state index in [4.69, 9.17) is 5.26 Å². The molecule has 2 aromatic rings. The number of rotatable bonds is 0. The first kappa shape index (κ1) is 6.32. The van der Waals surface area contributed by atoms with Crippen LogP contribution in [0.1, 0.15) is 0 Å². The summed E-state index contributed by atoms with van der Waals surface area (Å²) in [7, 11) is 0. The highest BCUT2D eigenvalue weighted by molar-refractivity contribution is 7.16.